The fourth-order valence-electron chi connectivity index (χ4n) is 3.69. The molecule has 0 atom stereocenters. The molecule has 0 aliphatic heterocycles. The molecule has 0 aliphatic rings. The minimum absolute atomic E-state index is 0.0409. The molecule has 0 radical (unpaired) electrons. The summed E-state index contributed by atoms with van der Waals surface area (Å²) in [5.41, 5.74) is 3.48. The number of hydrogen-bond acceptors (Lipinski definition) is 4. The van der Waals surface area contributed by atoms with Crippen molar-refractivity contribution in [3.63, 3.8) is 0 Å². The molecule has 0 fully saturated rings. The summed E-state index contributed by atoms with van der Waals surface area (Å²) >= 11 is 5.95. The van der Waals surface area contributed by atoms with Crippen LogP contribution in [0, 0.1) is 13.8 Å². The second-order valence-corrected chi connectivity index (χ2v) is 10.3. The van der Waals surface area contributed by atoms with Crippen molar-refractivity contribution in [1.29, 1.82) is 0 Å². The summed E-state index contributed by atoms with van der Waals surface area (Å²) in [7, 11) is -4.23. The highest BCUT2D eigenvalue weighted by Crippen LogP contribution is 2.31. The van der Waals surface area contributed by atoms with E-state index >= 15 is 0 Å². The zero-order valence-corrected chi connectivity index (χ0v) is 20.9. The molecular formula is C28H24ClNO4S. The number of sulfonamides is 1. The molecule has 0 N–H and O–H groups in total. The summed E-state index contributed by atoms with van der Waals surface area (Å²) in [6.07, 6.45) is 0. The Bertz CT molecular complexity index is 1450. The lowest BCUT2D eigenvalue weighted by atomic mass is 10.1. The first kappa shape index (κ1) is 24.5. The van der Waals surface area contributed by atoms with E-state index in [1.54, 1.807) is 31.2 Å². The van der Waals surface area contributed by atoms with Crippen molar-refractivity contribution in [2.24, 2.45) is 0 Å². The largest absolute Gasteiger partial charge is 0.483 e. The molecule has 35 heavy (non-hydrogen) atoms. The van der Waals surface area contributed by atoms with Crippen LogP contribution in [0.4, 0.5) is 5.69 Å². The van der Waals surface area contributed by atoms with Gasteiger partial charge in [-0.2, -0.15) is 4.31 Å². The number of anilines is 1. The number of para-hydroxylation sites is 1. The Morgan fingerprint density at radius 3 is 2.23 bits per heavy atom. The SMILES string of the molecule is Cc1ccc(C)c(N(C(=O)COc2ccccc2-c2ccccc2)S(=O)(=O)c2ccc(Cl)cc2)c1. The number of ether oxygens (including phenoxy) is 1. The lowest BCUT2D eigenvalue weighted by molar-refractivity contribution is -0.119. The van der Waals surface area contributed by atoms with E-state index in [9.17, 15) is 13.2 Å². The van der Waals surface area contributed by atoms with Crippen LogP contribution in [0.2, 0.25) is 5.02 Å². The number of nitrogens with zero attached hydrogens (tertiary/aromatic N) is 1. The fraction of sp³-hybridized carbons (Fsp3) is 0.107. The van der Waals surface area contributed by atoms with Gasteiger partial charge in [0.05, 0.1) is 10.6 Å². The highest BCUT2D eigenvalue weighted by molar-refractivity contribution is 7.93. The van der Waals surface area contributed by atoms with Gasteiger partial charge in [0.2, 0.25) is 0 Å². The number of aryl methyl sites for hydroxylation is 2. The minimum atomic E-state index is -4.23. The van der Waals surface area contributed by atoms with E-state index in [2.05, 4.69) is 0 Å². The first-order valence-corrected chi connectivity index (χ1v) is 12.8. The molecule has 0 heterocycles. The van der Waals surface area contributed by atoms with Crippen molar-refractivity contribution in [2.75, 3.05) is 10.9 Å². The van der Waals surface area contributed by atoms with Gasteiger partial charge in [-0.1, -0.05) is 72.3 Å². The molecule has 7 heteroatoms. The molecule has 0 saturated carbocycles. The second kappa shape index (κ2) is 10.3. The van der Waals surface area contributed by atoms with Gasteiger partial charge in [0.15, 0.2) is 6.61 Å². The maximum Gasteiger partial charge on any atom is 0.278 e. The number of carbonyl (C=O) groups is 1. The van der Waals surface area contributed by atoms with Crippen LogP contribution in [0.3, 0.4) is 0 Å². The van der Waals surface area contributed by atoms with Gasteiger partial charge in [0.25, 0.3) is 15.9 Å². The summed E-state index contributed by atoms with van der Waals surface area (Å²) in [6.45, 7) is 3.13. The Hall–Kier alpha value is -3.61. The van der Waals surface area contributed by atoms with Gasteiger partial charge in [0.1, 0.15) is 5.75 Å². The van der Waals surface area contributed by atoms with E-state index in [4.69, 9.17) is 16.3 Å². The van der Waals surface area contributed by atoms with Crippen LogP contribution in [0.1, 0.15) is 11.1 Å². The second-order valence-electron chi connectivity index (χ2n) is 8.06. The first-order valence-electron chi connectivity index (χ1n) is 11.0. The third-order valence-corrected chi connectivity index (χ3v) is 7.49. The average Bonchev–Trinajstić information content (AvgIpc) is 2.86. The molecule has 4 rings (SSSR count). The van der Waals surface area contributed by atoms with Crippen LogP contribution >= 0.6 is 11.6 Å². The normalized spacial score (nSPS) is 11.2. The van der Waals surface area contributed by atoms with E-state index in [-0.39, 0.29) is 10.6 Å². The zero-order chi connectivity index (χ0) is 25.0. The number of carbonyl (C=O) groups excluding carboxylic acids is 1. The van der Waals surface area contributed by atoms with Crippen LogP contribution in [0.25, 0.3) is 11.1 Å². The third kappa shape index (κ3) is 5.39. The number of hydrogen-bond donors (Lipinski definition) is 0. The summed E-state index contributed by atoms with van der Waals surface area (Å²) in [5.74, 6) is -0.228. The molecule has 0 saturated heterocycles. The highest BCUT2D eigenvalue weighted by Gasteiger charge is 2.32. The van der Waals surface area contributed by atoms with E-state index in [0.29, 0.717) is 16.3 Å². The van der Waals surface area contributed by atoms with Crippen LogP contribution in [-0.2, 0) is 14.8 Å². The van der Waals surface area contributed by atoms with Gasteiger partial charge in [0, 0.05) is 10.6 Å². The predicted octanol–water partition coefficient (Wildman–Crippen LogP) is 6.42. The Morgan fingerprint density at radius 1 is 0.857 bits per heavy atom. The lowest BCUT2D eigenvalue weighted by Gasteiger charge is -2.25. The van der Waals surface area contributed by atoms with E-state index in [0.717, 1.165) is 21.0 Å². The van der Waals surface area contributed by atoms with Crippen LogP contribution in [-0.4, -0.2) is 20.9 Å². The lowest BCUT2D eigenvalue weighted by Crippen LogP contribution is -2.40. The predicted molar refractivity (Wildman–Crippen MR) is 139 cm³/mol. The van der Waals surface area contributed by atoms with Crippen molar-refractivity contribution < 1.29 is 17.9 Å². The van der Waals surface area contributed by atoms with Crippen molar-refractivity contribution in [3.05, 3.63) is 113 Å². The van der Waals surface area contributed by atoms with Gasteiger partial charge in [-0.05, 0) is 66.9 Å². The van der Waals surface area contributed by atoms with Gasteiger partial charge in [-0.3, -0.25) is 4.79 Å². The molecule has 0 bridgehead atoms. The van der Waals surface area contributed by atoms with Crippen molar-refractivity contribution >= 4 is 33.2 Å². The maximum atomic E-state index is 13.7. The number of halogens is 1. The monoisotopic (exact) mass is 505 g/mol. The average molecular weight is 506 g/mol. The molecular weight excluding hydrogens is 482 g/mol. The first-order chi connectivity index (χ1) is 16.8. The number of rotatable bonds is 7. The molecule has 178 valence electrons. The summed E-state index contributed by atoms with van der Waals surface area (Å²) < 4.78 is 34.0. The van der Waals surface area contributed by atoms with Gasteiger partial charge < -0.3 is 4.74 Å². The van der Waals surface area contributed by atoms with Crippen molar-refractivity contribution in [1.82, 2.24) is 0 Å². The number of amides is 1. The van der Waals surface area contributed by atoms with Crippen LogP contribution in [0.15, 0.2) is 102 Å². The van der Waals surface area contributed by atoms with E-state index in [1.807, 2.05) is 55.5 Å². The topological polar surface area (TPSA) is 63.7 Å². The summed E-state index contributed by atoms with van der Waals surface area (Å²) in [5, 5.41) is 0.398. The Labute approximate surface area is 210 Å². The molecule has 0 unspecified atom stereocenters. The molecule has 1 amide bonds. The molecule has 4 aromatic rings. The molecule has 0 spiro atoms. The smallest absolute Gasteiger partial charge is 0.278 e. The summed E-state index contributed by atoms with van der Waals surface area (Å²) in [4.78, 5) is 13.5. The van der Waals surface area contributed by atoms with Crippen molar-refractivity contribution in [3.8, 4) is 16.9 Å². The van der Waals surface area contributed by atoms with Gasteiger partial charge >= 0.3 is 0 Å². The standard InChI is InChI=1S/C28H24ClNO4S/c1-20-12-13-21(2)26(18-20)30(35(32,33)24-16-14-23(29)15-17-24)28(31)19-34-27-11-7-6-10-25(27)22-8-4-3-5-9-22/h3-18H,19H2,1-2H3. The Kier molecular flexibility index (Phi) is 7.24. The van der Waals surface area contributed by atoms with Gasteiger partial charge in [-0.25, -0.2) is 8.42 Å². The van der Waals surface area contributed by atoms with E-state index < -0.39 is 22.5 Å². The molecule has 4 aromatic carbocycles. The maximum absolute atomic E-state index is 13.7. The van der Waals surface area contributed by atoms with Crippen molar-refractivity contribution in [2.45, 2.75) is 18.7 Å². The third-order valence-electron chi connectivity index (χ3n) is 5.48. The van der Waals surface area contributed by atoms with Crippen LogP contribution < -0.4 is 9.04 Å². The molecule has 5 nitrogen and oxygen atoms in total. The summed E-state index contributed by atoms with van der Waals surface area (Å²) in [6, 6.07) is 28.0. The quantitative estimate of drug-likeness (QED) is 0.290. The molecule has 0 aliphatic carbocycles. The molecule has 0 aromatic heterocycles. The van der Waals surface area contributed by atoms with Gasteiger partial charge in [-0.15, -0.1) is 0 Å². The Morgan fingerprint density at radius 2 is 1.51 bits per heavy atom. The van der Waals surface area contributed by atoms with E-state index in [1.165, 1.54) is 24.3 Å². The Balaban J connectivity index is 1.71. The number of benzene rings is 4. The van der Waals surface area contributed by atoms with Crippen LogP contribution in [0.5, 0.6) is 5.75 Å². The fourth-order valence-corrected chi connectivity index (χ4v) is 5.29. The highest BCUT2D eigenvalue weighted by atomic mass is 35.5. The minimum Gasteiger partial charge on any atom is -0.483 e. The zero-order valence-electron chi connectivity index (χ0n) is 19.3.